The second-order valence-corrected chi connectivity index (χ2v) is 6.56. The summed E-state index contributed by atoms with van der Waals surface area (Å²) in [6.45, 7) is 0.786. The van der Waals surface area contributed by atoms with Crippen molar-refractivity contribution in [3.63, 3.8) is 0 Å². The Morgan fingerprint density at radius 2 is 2.04 bits per heavy atom. The summed E-state index contributed by atoms with van der Waals surface area (Å²) in [4.78, 5) is 9.47. The molecule has 26 heavy (non-hydrogen) atoms. The first-order valence-electron chi connectivity index (χ1n) is 8.09. The summed E-state index contributed by atoms with van der Waals surface area (Å²) in [5, 5.41) is 19.6. The number of halogens is 1. The molecule has 132 valence electrons. The van der Waals surface area contributed by atoms with Gasteiger partial charge in [-0.2, -0.15) is 0 Å². The van der Waals surface area contributed by atoms with Crippen LogP contribution >= 0.6 is 11.6 Å². The van der Waals surface area contributed by atoms with Gasteiger partial charge >= 0.3 is 0 Å². The summed E-state index contributed by atoms with van der Waals surface area (Å²) >= 11 is 5.92. The highest BCUT2D eigenvalue weighted by atomic mass is 35.5. The Morgan fingerprint density at radius 1 is 1.27 bits per heavy atom. The molecule has 2 aromatic carbocycles. The van der Waals surface area contributed by atoms with Gasteiger partial charge in [-0.1, -0.05) is 23.7 Å². The predicted octanol–water partition coefficient (Wildman–Crippen LogP) is 3.99. The van der Waals surface area contributed by atoms with E-state index >= 15 is 0 Å². The third-order valence-electron chi connectivity index (χ3n) is 4.39. The van der Waals surface area contributed by atoms with Crippen molar-refractivity contribution in [1.29, 1.82) is 5.41 Å². The topological polar surface area (TPSA) is 85.2 Å². The molecule has 0 fully saturated rings. The zero-order valence-corrected chi connectivity index (χ0v) is 14.8. The van der Waals surface area contributed by atoms with Gasteiger partial charge in [0.05, 0.1) is 30.3 Å². The molecule has 1 aliphatic rings. The predicted molar refractivity (Wildman–Crippen MR) is 102 cm³/mol. The Labute approximate surface area is 155 Å². The van der Waals surface area contributed by atoms with E-state index in [1.807, 2.05) is 42.5 Å². The number of aromatic amines is 1. The minimum atomic E-state index is 0.134. The standard InChI is InChI=1S/C19H17ClN4O2/c1-26-13-6-7-14-15(8-13)23-19(22-14)17-16(25)10-24(18(17)21)9-11-2-4-12(20)5-3-11/h2-8,21,25H,9-10H2,1H3,(H,22,23). The molecule has 1 aliphatic heterocycles. The van der Waals surface area contributed by atoms with Crippen molar-refractivity contribution >= 4 is 34.0 Å². The fourth-order valence-electron chi connectivity index (χ4n) is 3.06. The van der Waals surface area contributed by atoms with E-state index in [2.05, 4.69) is 9.97 Å². The lowest BCUT2D eigenvalue weighted by atomic mass is 10.2. The van der Waals surface area contributed by atoms with E-state index in [1.165, 1.54) is 0 Å². The summed E-state index contributed by atoms with van der Waals surface area (Å²) in [5.74, 6) is 1.57. The van der Waals surface area contributed by atoms with Gasteiger partial charge in [0.2, 0.25) is 0 Å². The van der Waals surface area contributed by atoms with Crippen molar-refractivity contribution in [2.45, 2.75) is 6.54 Å². The van der Waals surface area contributed by atoms with Crippen LogP contribution in [0.2, 0.25) is 5.02 Å². The van der Waals surface area contributed by atoms with E-state index in [0.717, 1.165) is 22.3 Å². The summed E-state index contributed by atoms with van der Waals surface area (Å²) in [5.41, 5.74) is 2.99. The Hall–Kier alpha value is -2.99. The lowest BCUT2D eigenvalue weighted by Crippen LogP contribution is -2.26. The lowest BCUT2D eigenvalue weighted by Gasteiger charge is -2.18. The van der Waals surface area contributed by atoms with Crippen molar-refractivity contribution in [2.75, 3.05) is 13.7 Å². The molecule has 0 aliphatic carbocycles. The van der Waals surface area contributed by atoms with E-state index in [1.54, 1.807) is 12.0 Å². The highest BCUT2D eigenvalue weighted by molar-refractivity contribution is 6.30. The largest absolute Gasteiger partial charge is 0.510 e. The highest BCUT2D eigenvalue weighted by Gasteiger charge is 2.30. The molecule has 0 bridgehead atoms. The van der Waals surface area contributed by atoms with E-state index in [0.29, 0.717) is 23.0 Å². The molecule has 0 unspecified atom stereocenters. The number of aliphatic hydroxyl groups is 1. The van der Waals surface area contributed by atoms with Crippen molar-refractivity contribution in [3.8, 4) is 5.75 Å². The molecule has 4 rings (SSSR count). The molecule has 0 atom stereocenters. The van der Waals surface area contributed by atoms with Gasteiger partial charge in [0.15, 0.2) is 0 Å². The van der Waals surface area contributed by atoms with Crippen LogP contribution in [-0.2, 0) is 6.54 Å². The van der Waals surface area contributed by atoms with Crippen LogP contribution in [0.1, 0.15) is 11.4 Å². The zero-order chi connectivity index (χ0) is 18.3. The third kappa shape index (κ3) is 2.88. The van der Waals surface area contributed by atoms with Gasteiger partial charge in [-0.25, -0.2) is 4.98 Å². The van der Waals surface area contributed by atoms with Crippen LogP contribution in [0.15, 0.2) is 48.2 Å². The van der Waals surface area contributed by atoms with Crippen molar-refractivity contribution in [2.24, 2.45) is 0 Å². The van der Waals surface area contributed by atoms with Crippen LogP contribution in [0.5, 0.6) is 5.75 Å². The minimum Gasteiger partial charge on any atom is -0.510 e. The number of hydrogen-bond acceptors (Lipinski definition) is 4. The molecule has 1 aromatic heterocycles. The van der Waals surface area contributed by atoms with Crippen molar-refractivity contribution in [1.82, 2.24) is 14.9 Å². The maximum atomic E-state index is 10.4. The van der Waals surface area contributed by atoms with Gasteiger partial charge in [-0.15, -0.1) is 0 Å². The number of H-pyrrole nitrogens is 1. The van der Waals surface area contributed by atoms with Crippen LogP contribution in [0, 0.1) is 5.41 Å². The van der Waals surface area contributed by atoms with Gasteiger partial charge in [-0.05, 0) is 29.8 Å². The van der Waals surface area contributed by atoms with Crippen LogP contribution in [0.3, 0.4) is 0 Å². The number of ether oxygens (including phenoxy) is 1. The molecule has 7 heteroatoms. The maximum absolute atomic E-state index is 10.4. The average molecular weight is 369 g/mol. The number of nitrogens with one attached hydrogen (secondary N) is 2. The Morgan fingerprint density at radius 3 is 2.77 bits per heavy atom. The number of hydrogen-bond donors (Lipinski definition) is 3. The first-order valence-corrected chi connectivity index (χ1v) is 8.47. The smallest absolute Gasteiger partial charge is 0.145 e. The number of fused-ring (bicyclic) bond motifs is 1. The SMILES string of the molecule is COc1ccc2nc(C3=C(O)CN(Cc4ccc(Cl)cc4)C3=N)[nH]c2c1. The lowest BCUT2D eigenvalue weighted by molar-refractivity contribution is 0.347. The summed E-state index contributed by atoms with van der Waals surface area (Å²) < 4.78 is 5.22. The van der Waals surface area contributed by atoms with E-state index in [-0.39, 0.29) is 18.1 Å². The molecule has 0 spiro atoms. The minimum absolute atomic E-state index is 0.134. The number of amidine groups is 1. The number of methoxy groups -OCH3 is 1. The number of benzene rings is 2. The van der Waals surface area contributed by atoms with Gasteiger partial charge in [0, 0.05) is 17.6 Å². The van der Waals surface area contributed by atoms with Crippen LogP contribution < -0.4 is 4.74 Å². The van der Waals surface area contributed by atoms with E-state index in [9.17, 15) is 5.11 Å². The summed E-state index contributed by atoms with van der Waals surface area (Å²) in [6, 6.07) is 13.0. The molecule has 6 nitrogen and oxygen atoms in total. The quantitative estimate of drug-likeness (QED) is 0.650. The molecular weight excluding hydrogens is 352 g/mol. The number of aromatic nitrogens is 2. The molecule has 0 radical (unpaired) electrons. The molecule has 0 saturated carbocycles. The summed E-state index contributed by atoms with van der Waals surface area (Å²) in [6.07, 6.45) is 0. The molecule has 3 N–H and O–H groups in total. The number of aliphatic hydroxyl groups excluding tert-OH is 1. The maximum Gasteiger partial charge on any atom is 0.145 e. The first kappa shape index (κ1) is 16.5. The fourth-order valence-corrected chi connectivity index (χ4v) is 3.19. The van der Waals surface area contributed by atoms with E-state index < -0.39 is 0 Å². The first-order chi connectivity index (χ1) is 12.5. The van der Waals surface area contributed by atoms with Crippen molar-refractivity contribution < 1.29 is 9.84 Å². The number of rotatable bonds is 4. The molecule has 0 amide bonds. The van der Waals surface area contributed by atoms with Crippen molar-refractivity contribution in [3.05, 3.63) is 64.6 Å². The highest BCUT2D eigenvalue weighted by Crippen LogP contribution is 2.29. The van der Waals surface area contributed by atoms with E-state index in [4.69, 9.17) is 21.7 Å². The normalized spacial score (nSPS) is 14.5. The second kappa shape index (κ2) is 6.38. The molecule has 0 saturated heterocycles. The van der Waals surface area contributed by atoms with Gasteiger partial charge in [0.25, 0.3) is 0 Å². The van der Waals surface area contributed by atoms with Crippen LogP contribution in [-0.4, -0.2) is 39.5 Å². The molecule has 2 heterocycles. The average Bonchev–Trinajstić information content (AvgIpc) is 3.16. The molecule has 3 aromatic rings. The summed E-state index contributed by atoms with van der Waals surface area (Å²) in [7, 11) is 1.61. The molecular formula is C19H17ClN4O2. The second-order valence-electron chi connectivity index (χ2n) is 6.12. The van der Waals surface area contributed by atoms with Crippen LogP contribution in [0.25, 0.3) is 16.6 Å². The van der Waals surface area contributed by atoms with Gasteiger partial charge in [-0.3, -0.25) is 5.41 Å². The number of nitrogens with zero attached hydrogens (tertiary/aromatic N) is 2. The fraction of sp³-hybridized carbons (Fsp3) is 0.158. The van der Waals surface area contributed by atoms with Gasteiger partial charge < -0.3 is 19.7 Å². The monoisotopic (exact) mass is 368 g/mol. The van der Waals surface area contributed by atoms with Crippen LogP contribution in [0.4, 0.5) is 0 Å². The Balaban J connectivity index is 1.61. The third-order valence-corrected chi connectivity index (χ3v) is 4.65. The zero-order valence-electron chi connectivity index (χ0n) is 14.1. The Bertz CT molecular complexity index is 1020. The number of imidazole rings is 1. The van der Waals surface area contributed by atoms with Gasteiger partial charge in [0.1, 0.15) is 23.2 Å². The Kier molecular flexibility index (Phi) is 4.05.